The van der Waals surface area contributed by atoms with Crippen LogP contribution in [0.3, 0.4) is 0 Å². The van der Waals surface area contributed by atoms with Crippen LogP contribution in [0.2, 0.25) is 0 Å². The van der Waals surface area contributed by atoms with Gasteiger partial charge in [0.25, 0.3) is 5.91 Å². The molecule has 0 radical (unpaired) electrons. The highest BCUT2D eigenvalue weighted by Gasteiger charge is 2.35. The molecule has 2 rings (SSSR count). The summed E-state index contributed by atoms with van der Waals surface area (Å²) in [6.07, 6.45) is 3.21. The number of hydrogen-bond acceptors (Lipinski definition) is 6. The fourth-order valence-electron chi connectivity index (χ4n) is 3.09. The molecule has 28 heavy (non-hydrogen) atoms. The van der Waals surface area contributed by atoms with Crippen molar-refractivity contribution >= 4 is 27.8 Å². The van der Waals surface area contributed by atoms with Crippen LogP contribution in [-0.4, -0.2) is 63.0 Å². The van der Waals surface area contributed by atoms with Crippen LogP contribution in [0.4, 0.5) is 0 Å². The number of esters is 1. The first-order valence-corrected chi connectivity index (χ1v) is 11.0. The van der Waals surface area contributed by atoms with E-state index < -0.39 is 22.4 Å². The molecule has 1 atom stereocenters. The summed E-state index contributed by atoms with van der Waals surface area (Å²) in [5.74, 6) is -0.187. The van der Waals surface area contributed by atoms with Crippen molar-refractivity contribution in [3.63, 3.8) is 0 Å². The Morgan fingerprint density at radius 3 is 2.61 bits per heavy atom. The Morgan fingerprint density at radius 2 is 2.00 bits per heavy atom. The van der Waals surface area contributed by atoms with Gasteiger partial charge in [-0.05, 0) is 24.5 Å². The lowest BCUT2D eigenvalue weighted by molar-refractivity contribution is -0.149. The Labute approximate surface area is 166 Å². The van der Waals surface area contributed by atoms with E-state index in [1.165, 1.54) is 18.1 Å². The Kier molecular flexibility index (Phi) is 7.62. The minimum absolute atomic E-state index is 0.0346. The molecule has 1 fully saturated rings. The molecule has 0 bridgehead atoms. The molecule has 154 valence electrons. The predicted molar refractivity (Wildman–Crippen MR) is 107 cm³/mol. The third-order valence-corrected chi connectivity index (χ3v) is 6.16. The van der Waals surface area contributed by atoms with Gasteiger partial charge in [-0.15, -0.1) is 0 Å². The quantitative estimate of drug-likeness (QED) is 0.481. The molecule has 0 aromatic heterocycles. The molecule has 1 aliphatic heterocycles. The second-order valence-electron chi connectivity index (χ2n) is 7.18. The third kappa shape index (κ3) is 6.37. The maximum Gasteiger partial charge on any atom is 0.331 e. The first-order valence-electron chi connectivity index (χ1n) is 9.19. The highest BCUT2D eigenvalue weighted by Crippen LogP contribution is 2.20. The number of amides is 1. The summed E-state index contributed by atoms with van der Waals surface area (Å²) in [6, 6.07) is 6.84. The fourth-order valence-corrected chi connectivity index (χ4v) is 4.83. The maximum absolute atomic E-state index is 12.6. The second kappa shape index (κ2) is 9.73. The van der Waals surface area contributed by atoms with Gasteiger partial charge in [-0.25, -0.2) is 13.2 Å². The van der Waals surface area contributed by atoms with E-state index in [1.807, 2.05) is 26.0 Å². The van der Waals surface area contributed by atoms with E-state index in [-0.39, 0.29) is 29.4 Å². The van der Waals surface area contributed by atoms with Crippen LogP contribution in [0.1, 0.15) is 25.8 Å². The second-order valence-corrected chi connectivity index (χ2v) is 9.41. The molecule has 1 aromatic carbocycles. The smallest absolute Gasteiger partial charge is 0.331 e. The zero-order valence-electron chi connectivity index (χ0n) is 16.5. The summed E-state index contributed by atoms with van der Waals surface area (Å²) < 4.78 is 33.8. The third-order valence-electron chi connectivity index (χ3n) is 4.41. The molecule has 0 spiro atoms. The summed E-state index contributed by atoms with van der Waals surface area (Å²) in [4.78, 5) is 26.1. The molecule has 1 amide bonds. The lowest BCUT2D eigenvalue weighted by Crippen LogP contribution is -2.45. The summed E-state index contributed by atoms with van der Waals surface area (Å²) in [7, 11) is -1.57. The molecule has 0 unspecified atom stereocenters. The minimum atomic E-state index is -3.11. The minimum Gasteiger partial charge on any atom is -0.496 e. The average molecular weight is 410 g/mol. The summed E-state index contributed by atoms with van der Waals surface area (Å²) in [5.41, 5.74) is 0.714. The lowest BCUT2D eigenvalue weighted by atomic mass is 10.1. The van der Waals surface area contributed by atoms with Gasteiger partial charge in [0.2, 0.25) is 0 Å². The number of carbonyl (C=O) groups is 2. The van der Waals surface area contributed by atoms with Crippen LogP contribution in [0.25, 0.3) is 6.08 Å². The van der Waals surface area contributed by atoms with Gasteiger partial charge in [0, 0.05) is 24.2 Å². The molecule has 1 aliphatic rings. The van der Waals surface area contributed by atoms with Gasteiger partial charge >= 0.3 is 5.97 Å². The van der Waals surface area contributed by atoms with Crippen molar-refractivity contribution < 1.29 is 27.5 Å². The van der Waals surface area contributed by atoms with Crippen molar-refractivity contribution in [2.75, 3.05) is 31.8 Å². The number of methoxy groups -OCH3 is 1. The number of ether oxygens (including phenoxy) is 2. The van der Waals surface area contributed by atoms with Crippen molar-refractivity contribution in [3.05, 3.63) is 35.9 Å². The van der Waals surface area contributed by atoms with Crippen molar-refractivity contribution in [3.8, 4) is 5.75 Å². The van der Waals surface area contributed by atoms with Gasteiger partial charge in [-0.3, -0.25) is 4.79 Å². The molecule has 1 saturated heterocycles. The molecule has 0 aliphatic carbocycles. The Bertz CT molecular complexity index is 831. The Balaban J connectivity index is 1.95. The van der Waals surface area contributed by atoms with E-state index in [2.05, 4.69) is 0 Å². The van der Waals surface area contributed by atoms with Gasteiger partial charge in [-0.1, -0.05) is 32.0 Å². The van der Waals surface area contributed by atoms with E-state index in [9.17, 15) is 18.0 Å². The van der Waals surface area contributed by atoms with Crippen molar-refractivity contribution in [2.24, 2.45) is 5.92 Å². The predicted octanol–water partition coefficient (Wildman–Crippen LogP) is 1.92. The number of hydrogen-bond donors (Lipinski definition) is 0. The van der Waals surface area contributed by atoms with Gasteiger partial charge in [0.1, 0.15) is 5.75 Å². The zero-order valence-corrected chi connectivity index (χ0v) is 17.3. The number of carbonyl (C=O) groups excluding carboxylic acids is 2. The molecule has 8 heteroatoms. The molecular weight excluding hydrogens is 382 g/mol. The standard InChI is InChI=1S/C20H27NO6S/c1-15(2)12-21(17-10-11-28(24,25)14-17)19(22)13-27-20(23)9-8-16-6-4-5-7-18(16)26-3/h4-9,15,17H,10-14H2,1-3H3/b9-8+/t17-/m1/s1. The molecule has 1 aromatic rings. The maximum atomic E-state index is 12.6. The Hall–Kier alpha value is -2.35. The van der Waals surface area contributed by atoms with Crippen LogP contribution in [0, 0.1) is 5.92 Å². The topological polar surface area (TPSA) is 90.0 Å². The fraction of sp³-hybridized carbons (Fsp3) is 0.500. The lowest BCUT2D eigenvalue weighted by Gasteiger charge is -2.29. The largest absolute Gasteiger partial charge is 0.496 e. The van der Waals surface area contributed by atoms with E-state index >= 15 is 0 Å². The molecule has 1 heterocycles. The van der Waals surface area contributed by atoms with Crippen molar-refractivity contribution in [1.82, 2.24) is 4.90 Å². The van der Waals surface area contributed by atoms with Crippen LogP contribution in [0.15, 0.2) is 30.3 Å². The van der Waals surface area contributed by atoms with Gasteiger partial charge < -0.3 is 14.4 Å². The number of sulfone groups is 1. The summed E-state index contributed by atoms with van der Waals surface area (Å²) in [5, 5.41) is 0. The molecule has 7 nitrogen and oxygen atoms in total. The van der Waals surface area contributed by atoms with Crippen LogP contribution < -0.4 is 4.74 Å². The zero-order chi connectivity index (χ0) is 20.7. The number of nitrogens with zero attached hydrogens (tertiary/aromatic N) is 1. The van der Waals surface area contributed by atoms with Gasteiger partial charge in [-0.2, -0.15) is 0 Å². The van der Waals surface area contributed by atoms with Crippen molar-refractivity contribution in [1.29, 1.82) is 0 Å². The number of para-hydroxylation sites is 1. The normalized spacial score (nSPS) is 18.4. The van der Waals surface area contributed by atoms with Crippen molar-refractivity contribution in [2.45, 2.75) is 26.3 Å². The molecule has 0 N–H and O–H groups in total. The summed E-state index contributed by atoms with van der Waals surface area (Å²) in [6.45, 7) is 3.91. The SMILES string of the molecule is COc1ccccc1/C=C/C(=O)OCC(=O)N(CC(C)C)[C@@H]1CCS(=O)(=O)C1. The van der Waals surface area contributed by atoms with Crippen LogP contribution >= 0.6 is 0 Å². The van der Waals surface area contributed by atoms with Gasteiger partial charge in [0.05, 0.1) is 18.6 Å². The monoisotopic (exact) mass is 409 g/mol. The highest BCUT2D eigenvalue weighted by molar-refractivity contribution is 7.91. The highest BCUT2D eigenvalue weighted by atomic mass is 32.2. The van der Waals surface area contributed by atoms with Gasteiger partial charge in [0.15, 0.2) is 16.4 Å². The van der Waals surface area contributed by atoms with Crippen LogP contribution in [0.5, 0.6) is 5.75 Å². The summed E-state index contributed by atoms with van der Waals surface area (Å²) >= 11 is 0. The van der Waals surface area contributed by atoms with E-state index in [0.717, 1.165) is 0 Å². The molecular formula is C20H27NO6S. The van der Waals surface area contributed by atoms with E-state index in [1.54, 1.807) is 18.2 Å². The first-order chi connectivity index (χ1) is 13.2. The van der Waals surface area contributed by atoms with E-state index in [4.69, 9.17) is 9.47 Å². The van der Waals surface area contributed by atoms with E-state index in [0.29, 0.717) is 24.3 Å². The molecule has 0 saturated carbocycles. The van der Waals surface area contributed by atoms with Crippen LogP contribution in [-0.2, 0) is 24.2 Å². The average Bonchev–Trinajstić information content (AvgIpc) is 3.02. The number of rotatable bonds is 8. The Morgan fingerprint density at radius 1 is 1.29 bits per heavy atom. The number of benzene rings is 1. The first kappa shape index (κ1) is 21.9.